The molecule has 0 bridgehead atoms. The second kappa shape index (κ2) is 6.18. The zero-order chi connectivity index (χ0) is 14.5. The molecule has 1 atom stereocenters. The Balaban J connectivity index is 2.17. The maximum Gasteiger partial charge on any atom is 0.420 e. The van der Waals surface area contributed by atoms with E-state index in [0.717, 1.165) is 5.56 Å². The van der Waals surface area contributed by atoms with E-state index in [9.17, 15) is 10.0 Å². The maximum absolute atomic E-state index is 11.7. The average Bonchev–Trinajstić information content (AvgIpc) is 2.47. The van der Waals surface area contributed by atoms with Crippen molar-refractivity contribution in [2.75, 3.05) is 5.32 Å². The molecule has 0 aliphatic rings. The molecule has 2 aromatic heterocycles. The molecule has 2 amide bonds. The summed E-state index contributed by atoms with van der Waals surface area (Å²) in [5.74, 6) is 0.757. The highest BCUT2D eigenvalue weighted by atomic mass is 16.5. The number of carbonyl (C=O) groups is 1. The summed E-state index contributed by atoms with van der Waals surface area (Å²) in [6, 6.07) is 4.05. The van der Waals surface area contributed by atoms with Crippen molar-refractivity contribution in [3.8, 4) is 11.4 Å². The van der Waals surface area contributed by atoms with Gasteiger partial charge in [-0.3, -0.25) is 15.4 Å². The third kappa shape index (κ3) is 3.34. The Kier molecular flexibility index (Phi) is 4.34. The molecule has 104 valence electrons. The molecule has 7 heteroatoms. The van der Waals surface area contributed by atoms with E-state index in [4.69, 9.17) is 0 Å². The number of pyridine rings is 1. The third-order valence-corrected chi connectivity index (χ3v) is 2.58. The Bertz CT molecular complexity index is 588. The number of urea groups is 1. The number of amides is 2. The summed E-state index contributed by atoms with van der Waals surface area (Å²) in [5.41, 5.74) is 0.784. The van der Waals surface area contributed by atoms with Crippen LogP contribution in [0.1, 0.15) is 13.8 Å². The third-order valence-electron chi connectivity index (χ3n) is 2.58. The van der Waals surface area contributed by atoms with Gasteiger partial charge < -0.3 is 5.21 Å². The van der Waals surface area contributed by atoms with E-state index in [1.165, 1.54) is 12.3 Å². The van der Waals surface area contributed by atoms with Crippen molar-refractivity contribution >= 4 is 11.8 Å². The molecule has 2 aromatic rings. The highest BCUT2D eigenvalue weighted by Gasteiger charge is 2.15. The first-order chi connectivity index (χ1) is 9.58. The summed E-state index contributed by atoms with van der Waals surface area (Å²) < 4.78 is 0. The zero-order valence-corrected chi connectivity index (χ0v) is 11.2. The summed E-state index contributed by atoms with van der Waals surface area (Å²) >= 11 is 0. The summed E-state index contributed by atoms with van der Waals surface area (Å²) in [5, 5.41) is 13.5. The van der Waals surface area contributed by atoms with Gasteiger partial charge in [-0.05, 0) is 32.0 Å². The van der Waals surface area contributed by atoms with Gasteiger partial charge in [-0.1, -0.05) is 0 Å². The quantitative estimate of drug-likeness (QED) is 0.809. The van der Waals surface area contributed by atoms with Gasteiger partial charge in [0.2, 0.25) is 0 Å². The molecule has 2 N–H and O–H groups in total. The van der Waals surface area contributed by atoms with Gasteiger partial charge in [0.05, 0.1) is 6.04 Å². The lowest BCUT2D eigenvalue weighted by atomic mass is 10.2. The van der Waals surface area contributed by atoms with Gasteiger partial charge in [0, 0.05) is 24.2 Å². The molecule has 2 rings (SSSR count). The molecule has 0 saturated heterocycles. The van der Waals surface area contributed by atoms with E-state index in [-0.39, 0.29) is 6.04 Å². The minimum absolute atomic E-state index is 0.297. The minimum Gasteiger partial charge on any atom is -0.625 e. The first-order valence-corrected chi connectivity index (χ1v) is 6.16. The predicted molar refractivity (Wildman–Crippen MR) is 73.7 cm³/mol. The van der Waals surface area contributed by atoms with Crippen LogP contribution in [0.4, 0.5) is 10.6 Å². The lowest BCUT2D eigenvalue weighted by molar-refractivity contribution is -0.781. The van der Waals surface area contributed by atoms with E-state index in [2.05, 4.69) is 20.3 Å². The maximum atomic E-state index is 11.7. The summed E-state index contributed by atoms with van der Waals surface area (Å²) in [6.45, 7) is 3.34. The van der Waals surface area contributed by atoms with E-state index in [0.29, 0.717) is 11.6 Å². The number of rotatable bonds is 3. The molecule has 0 saturated carbocycles. The van der Waals surface area contributed by atoms with Crippen LogP contribution in [-0.4, -0.2) is 27.0 Å². The minimum atomic E-state index is -0.667. The molecule has 1 unspecified atom stereocenters. The second-order valence-electron chi connectivity index (χ2n) is 4.47. The largest absolute Gasteiger partial charge is 0.625 e. The first kappa shape index (κ1) is 14.0. The van der Waals surface area contributed by atoms with Gasteiger partial charge in [-0.2, -0.15) is 0 Å². The van der Waals surface area contributed by atoms with Crippen molar-refractivity contribution in [2.24, 2.45) is 0 Å². The van der Waals surface area contributed by atoms with Gasteiger partial charge >= 0.3 is 6.03 Å². The number of aromatic nitrogens is 3. The molecule has 2 heterocycles. The van der Waals surface area contributed by atoms with Gasteiger partial charge in [0.25, 0.3) is 0 Å². The fourth-order valence-corrected chi connectivity index (χ4v) is 1.51. The van der Waals surface area contributed by atoms with Crippen molar-refractivity contribution in [1.29, 1.82) is 0 Å². The average molecular weight is 273 g/mol. The molecular weight excluding hydrogens is 258 g/mol. The molecule has 0 aliphatic carbocycles. The summed E-state index contributed by atoms with van der Waals surface area (Å²) in [4.78, 5) is 23.9. The standard InChI is InChI=1S/C13H15N5O2/c1-9(2)18(20)13(19)17-11-5-8-15-12(16-11)10-3-6-14-7-4-10/h3-9,18H,1-2H3,(H,15,16,17,19). The van der Waals surface area contributed by atoms with E-state index < -0.39 is 11.1 Å². The van der Waals surface area contributed by atoms with Crippen molar-refractivity contribution in [1.82, 2.24) is 15.0 Å². The normalized spacial score (nSPS) is 12.2. The molecule has 0 aromatic carbocycles. The lowest BCUT2D eigenvalue weighted by Gasteiger charge is -2.23. The first-order valence-electron chi connectivity index (χ1n) is 6.16. The number of hydroxylamine groups is 2. The number of hydrogen-bond donors (Lipinski definition) is 2. The van der Waals surface area contributed by atoms with Gasteiger partial charge in [0.15, 0.2) is 5.82 Å². The van der Waals surface area contributed by atoms with Crippen LogP contribution in [-0.2, 0) is 0 Å². The summed E-state index contributed by atoms with van der Waals surface area (Å²) in [7, 11) is 0. The predicted octanol–water partition coefficient (Wildman–Crippen LogP) is 0.862. The van der Waals surface area contributed by atoms with Gasteiger partial charge in [-0.25, -0.2) is 14.8 Å². The highest BCUT2D eigenvalue weighted by Crippen LogP contribution is 2.14. The number of nitrogens with one attached hydrogen (secondary N) is 2. The topological polar surface area (TPSA) is 95.3 Å². The van der Waals surface area contributed by atoms with E-state index in [1.54, 1.807) is 38.4 Å². The number of hydrogen-bond acceptors (Lipinski definition) is 5. The number of quaternary nitrogens is 1. The van der Waals surface area contributed by atoms with Crippen LogP contribution < -0.4 is 10.4 Å². The highest BCUT2D eigenvalue weighted by molar-refractivity contribution is 5.81. The molecule has 0 fully saturated rings. The molecule has 0 aliphatic heterocycles. The Hall–Kier alpha value is -2.38. The Morgan fingerprint density at radius 3 is 2.60 bits per heavy atom. The number of carbonyl (C=O) groups excluding carboxylic acids is 1. The van der Waals surface area contributed by atoms with Crippen LogP contribution in [0.3, 0.4) is 0 Å². The molecular formula is C13H15N5O2. The van der Waals surface area contributed by atoms with Gasteiger partial charge in [0.1, 0.15) is 5.82 Å². The van der Waals surface area contributed by atoms with Crippen LogP contribution in [0.15, 0.2) is 36.8 Å². The van der Waals surface area contributed by atoms with Crippen LogP contribution >= 0.6 is 0 Å². The molecule has 0 radical (unpaired) electrons. The van der Waals surface area contributed by atoms with E-state index in [1.807, 2.05) is 0 Å². The lowest BCUT2D eigenvalue weighted by Crippen LogP contribution is -3.13. The van der Waals surface area contributed by atoms with Crippen molar-refractivity contribution in [3.63, 3.8) is 0 Å². The van der Waals surface area contributed by atoms with Crippen LogP contribution in [0.25, 0.3) is 11.4 Å². The SMILES string of the molecule is CC(C)[NH+]([O-])C(=O)Nc1ccnc(-c2ccncc2)n1. The second-order valence-corrected chi connectivity index (χ2v) is 4.47. The fourth-order valence-electron chi connectivity index (χ4n) is 1.51. The smallest absolute Gasteiger partial charge is 0.420 e. The van der Waals surface area contributed by atoms with Crippen molar-refractivity contribution in [2.45, 2.75) is 19.9 Å². The molecule has 7 nitrogen and oxygen atoms in total. The van der Waals surface area contributed by atoms with Crippen molar-refractivity contribution in [3.05, 3.63) is 42.0 Å². The Morgan fingerprint density at radius 1 is 1.25 bits per heavy atom. The number of anilines is 1. The number of nitrogens with zero attached hydrogens (tertiary/aromatic N) is 3. The summed E-state index contributed by atoms with van der Waals surface area (Å²) in [6.07, 6.45) is 4.79. The van der Waals surface area contributed by atoms with Crippen LogP contribution in [0.2, 0.25) is 0 Å². The zero-order valence-electron chi connectivity index (χ0n) is 11.2. The monoisotopic (exact) mass is 273 g/mol. The molecule has 0 spiro atoms. The van der Waals surface area contributed by atoms with Crippen LogP contribution in [0, 0.1) is 5.21 Å². The van der Waals surface area contributed by atoms with E-state index >= 15 is 0 Å². The Morgan fingerprint density at radius 2 is 1.95 bits per heavy atom. The van der Waals surface area contributed by atoms with Crippen LogP contribution in [0.5, 0.6) is 0 Å². The van der Waals surface area contributed by atoms with Crippen molar-refractivity contribution < 1.29 is 9.86 Å². The fraction of sp³-hybridized carbons (Fsp3) is 0.231. The van der Waals surface area contributed by atoms with Gasteiger partial charge in [-0.15, -0.1) is 0 Å². The Labute approximate surface area is 116 Å². The molecule has 20 heavy (non-hydrogen) atoms.